The Hall–Kier alpha value is -1.90. The number of pyridine rings is 1. The molecule has 2 aromatic rings. The van der Waals surface area contributed by atoms with E-state index in [0.29, 0.717) is 5.69 Å². The van der Waals surface area contributed by atoms with Crippen molar-refractivity contribution in [2.45, 2.75) is 0 Å². The number of aromatic nitrogens is 1. The van der Waals surface area contributed by atoms with Gasteiger partial charge in [0.1, 0.15) is 5.82 Å². The number of rotatable bonds is 1. The monoisotopic (exact) mass is 188 g/mol. The molecule has 0 saturated heterocycles. The van der Waals surface area contributed by atoms with Crippen molar-refractivity contribution in [3.05, 3.63) is 48.4 Å². The Morgan fingerprint density at radius 3 is 2.29 bits per heavy atom. The number of nitrogens with two attached hydrogens (primary N) is 1. The number of nitrogens with zero attached hydrogens (tertiary/aromatic N) is 1. The molecule has 0 aliphatic carbocycles. The van der Waals surface area contributed by atoms with Crippen LogP contribution in [0.15, 0.2) is 42.6 Å². The Balaban J connectivity index is 2.40. The van der Waals surface area contributed by atoms with E-state index in [1.807, 2.05) is 6.07 Å². The van der Waals surface area contributed by atoms with Gasteiger partial charge in [-0.15, -0.1) is 0 Å². The van der Waals surface area contributed by atoms with Gasteiger partial charge in [-0.1, -0.05) is 0 Å². The Bertz CT molecular complexity index is 377. The molecule has 0 atom stereocenters. The molecule has 2 rings (SSSR count). The van der Waals surface area contributed by atoms with E-state index in [1.54, 1.807) is 24.4 Å². The molecular formula is C11H9FN2. The van der Waals surface area contributed by atoms with E-state index >= 15 is 0 Å². The van der Waals surface area contributed by atoms with E-state index in [9.17, 15) is 4.39 Å². The van der Waals surface area contributed by atoms with Gasteiger partial charge in [0.05, 0.1) is 17.6 Å². The third kappa shape index (κ3) is 1.71. The molecule has 1 aromatic carbocycles. The SMILES string of the molecule is Nc1ccc(-c2ccc(F)cc2)nc1. The van der Waals surface area contributed by atoms with Gasteiger partial charge < -0.3 is 5.73 Å². The van der Waals surface area contributed by atoms with Gasteiger partial charge in [0.15, 0.2) is 0 Å². The number of hydrogen-bond donors (Lipinski definition) is 1. The average Bonchev–Trinajstić information content (AvgIpc) is 2.21. The van der Waals surface area contributed by atoms with E-state index in [0.717, 1.165) is 11.3 Å². The summed E-state index contributed by atoms with van der Waals surface area (Å²) >= 11 is 0. The fourth-order valence-electron chi connectivity index (χ4n) is 1.20. The van der Waals surface area contributed by atoms with Crippen LogP contribution in [-0.4, -0.2) is 4.98 Å². The zero-order chi connectivity index (χ0) is 9.97. The van der Waals surface area contributed by atoms with Crippen molar-refractivity contribution in [3.8, 4) is 11.3 Å². The smallest absolute Gasteiger partial charge is 0.123 e. The van der Waals surface area contributed by atoms with Gasteiger partial charge in [0.25, 0.3) is 0 Å². The molecule has 0 radical (unpaired) electrons. The summed E-state index contributed by atoms with van der Waals surface area (Å²) in [7, 11) is 0. The quantitative estimate of drug-likeness (QED) is 0.746. The maximum Gasteiger partial charge on any atom is 0.123 e. The molecule has 0 aliphatic heterocycles. The van der Waals surface area contributed by atoms with Crippen LogP contribution in [0.2, 0.25) is 0 Å². The summed E-state index contributed by atoms with van der Waals surface area (Å²) in [6, 6.07) is 9.77. The second kappa shape index (κ2) is 3.46. The standard InChI is InChI=1S/C11H9FN2/c12-9-3-1-8(2-4-9)11-6-5-10(13)7-14-11/h1-7H,13H2. The van der Waals surface area contributed by atoms with Crippen LogP contribution < -0.4 is 5.73 Å². The van der Waals surface area contributed by atoms with Crippen molar-refractivity contribution in [1.82, 2.24) is 4.98 Å². The largest absolute Gasteiger partial charge is 0.397 e. The van der Waals surface area contributed by atoms with Crippen molar-refractivity contribution in [2.75, 3.05) is 5.73 Å². The van der Waals surface area contributed by atoms with Gasteiger partial charge in [0.2, 0.25) is 0 Å². The zero-order valence-corrected chi connectivity index (χ0v) is 7.44. The predicted octanol–water partition coefficient (Wildman–Crippen LogP) is 2.47. The summed E-state index contributed by atoms with van der Waals surface area (Å²) in [5.74, 6) is -0.246. The number of hydrogen-bond acceptors (Lipinski definition) is 2. The highest BCUT2D eigenvalue weighted by molar-refractivity contribution is 5.60. The molecule has 70 valence electrons. The summed E-state index contributed by atoms with van der Waals surface area (Å²) in [6.07, 6.45) is 1.58. The second-order valence-electron chi connectivity index (χ2n) is 2.98. The molecule has 0 saturated carbocycles. The predicted molar refractivity (Wildman–Crippen MR) is 54.0 cm³/mol. The molecule has 3 heteroatoms. The molecule has 0 spiro atoms. The topological polar surface area (TPSA) is 38.9 Å². The maximum absolute atomic E-state index is 12.6. The molecule has 0 aliphatic rings. The second-order valence-corrected chi connectivity index (χ2v) is 2.98. The van der Waals surface area contributed by atoms with Crippen LogP contribution in [0.25, 0.3) is 11.3 Å². The Morgan fingerprint density at radius 1 is 1.00 bits per heavy atom. The first-order valence-electron chi connectivity index (χ1n) is 4.23. The fraction of sp³-hybridized carbons (Fsp3) is 0. The summed E-state index contributed by atoms with van der Waals surface area (Å²) in [5.41, 5.74) is 7.80. The van der Waals surface area contributed by atoms with E-state index in [2.05, 4.69) is 4.98 Å². The van der Waals surface area contributed by atoms with E-state index in [4.69, 9.17) is 5.73 Å². The molecule has 1 aromatic heterocycles. The summed E-state index contributed by atoms with van der Waals surface area (Å²) in [5, 5.41) is 0. The van der Waals surface area contributed by atoms with Crippen LogP contribution >= 0.6 is 0 Å². The lowest BCUT2D eigenvalue weighted by atomic mass is 10.1. The number of halogens is 1. The van der Waals surface area contributed by atoms with Crippen LogP contribution in [0, 0.1) is 5.82 Å². The Labute approximate surface area is 81.2 Å². The Morgan fingerprint density at radius 2 is 1.71 bits per heavy atom. The molecule has 0 bridgehead atoms. The summed E-state index contributed by atoms with van der Waals surface area (Å²) in [6.45, 7) is 0. The molecular weight excluding hydrogens is 179 g/mol. The summed E-state index contributed by atoms with van der Waals surface area (Å²) < 4.78 is 12.6. The van der Waals surface area contributed by atoms with Gasteiger partial charge in [-0.05, 0) is 36.4 Å². The van der Waals surface area contributed by atoms with Crippen LogP contribution in [0.4, 0.5) is 10.1 Å². The van der Waals surface area contributed by atoms with Gasteiger partial charge in [-0.2, -0.15) is 0 Å². The average molecular weight is 188 g/mol. The molecule has 2 N–H and O–H groups in total. The van der Waals surface area contributed by atoms with Crippen LogP contribution in [0.1, 0.15) is 0 Å². The minimum absolute atomic E-state index is 0.246. The first-order chi connectivity index (χ1) is 6.75. The van der Waals surface area contributed by atoms with Crippen molar-refractivity contribution < 1.29 is 4.39 Å². The first kappa shape index (κ1) is 8.69. The van der Waals surface area contributed by atoms with E-state index in [-0.39, 0.29) is 5.82 Å². The van der Waals surface area contributed by atoms with Gasteiger partial charge >= 0.3 is 0 Å². The van der Waals surface area contributed by atoms with Gasteiger partial charge in [-0.3, -0.25) is 4.98 Å². The number of anilines is 1. The lowest BCUT2D eigenvalue weighted by Crippen LogP contribution is -1.88. The molecule has 0 amide bonds. The highest BCUT2D eigenvalue weighted by atomic mass is 19.1. The molecule has 0 unspecified atom stereocenters. The van der Waals surface area contributed by atoms with Crippen LogP contribution in [0.5, 0.6) is 0 Å². The van der Waals surface area contributed by atoms with Crippen molar-refractivity contribution in [2.24, 2.45) is 0 Å². The normalized spacial score (nSPS) is 10.1. The molecule has 2 nitrogen and oxygen atoms in total. The maximum atomic E-state index is 12.6. The third-order valence-corrected chi connectivity index (χ3v) is 1.93. The zero-order valence-electron chi connectivity index (χ0n) is 7.44. The van der Waals surface area contributed by atoms with Crippen molar-refractivity contribution >= 4 is 5.69 Å². The van der Waals surface area contributed by atoms with Gasteiger partial charge in [0, 0.05) is 5.56 Å². The highest BCUT2D eigenvalue weighted by Gasteiger charge is 1.98. The molecule has 0 fully saturated rings. The number of benzene rings is 1. The minimum Gasteiger partial charge on any atom is -0.397 e. The molecule has 14 heavy (non-hydrogen) atoms. The fourth-order valence-corrected chi connectivity index (χ4v) is 1.20. The molecule has 1 heterocycles. The van der Waals surface area contributed by atoms with Crippen molar-refractivity contribution in [3.63, 3.8) is 0 Å². The van der Waals surface area contributed by atoms with E-state index < -0.39 is 0 Å². The first-order valence-corrected chi connectivity index (χ1v) is 4.23. The highest BCUT2D eigenvalue weighted by Crippen LogP contribution is 2.17. The van der Waals surface area contributed by atoms with Gasteiger partial charge in [-0.25, -0.2) is 4.39 Å². The van der Waals surface area contributed by atoms with Crippen molar-refractivity contribution in [1.29, 1.82) is 0 Å². The lowest BCUT2D eigenvalue weighted by molar-refractivity contribution is 0.628. The summed E-state index contributed by atoms with van der Waals surface area (Å²) in [4.78, 5) is 4.13. The third-order valence-electron chi connectivity index (χ3n) is 1.93. The van der Waals surface area contributed by atoms with Crippen LogP contribution in [-0.2, 0) is 0 Å². The lowest BCUT2D eigenvalue weighted by Gasteiger charge is -2.00. The minimum atomic E-state index is -0.246. The van der Waals surface area contributed by atoms with E-state index in [1.165, 1.54) is 12.1 Å². The number of nitrogen functional groups attached to an aromatic ring is 1. The van der Waals surface area contributed by atoms with Crippen LogP contribution in [0.3, 0.4) is 0 Å². The Kier molecular flexibility index (Phi) is 2.14.